The molecule has 0 aromatic carbocycles. The molecule has 0 spiro atoms. The van der Waals surface area contributed by atoms with E-state index in [2.05, 4.69) is 42.0 Å². The van der Waals surface area contributed by atoms with E-state index in [1.54, 1.807) is 5.57 Å². The fraction of sp³-hybridized carbons (Fsp3) is 0.833. The number of rotatable bonds is 8. The number of hydrogen-bond acceptors (Lipinski definition) is 4. The Morgan fingerprint density at radius 3 is 2.48 bits per heavy atom. The number of likely N-dealkylation sites (tertiary alicyclic amines) is 1. The van der Waals surface area contributed by atoms with Gasteiger partial charge in [-0.3, -0.25) is 4.90 Å². The van der Waals surface area contributed by atoms with Crippen LogP contribution in [0.15, 0.2) is 34.6 Å². The Balaban J connectivity index is 1.05. The number of aliphatic hydroxyl groups excluding tert-OH is 1. The van der Waals surface area contributed by atoms with Crippen molar-refractivity contribution in [2.24, 2.45) is 29.6 Å². The van der Waals surface area contributed by atoms with Crippen molar-refractivity contribution in [3.05, 3.63) is 34.6 Å². The van der Waals surface area contributed by atoms with Crippen molar-refractivity contribution in [3.8, 4) is 0 Å². The number of hydrogen-bond donors (Lipinski definition) is 2. The Hall–Kier alpha value is -1.24. The van der Waals surface area contributed by atoms with Gasteiger partial charge in [0.15, 0.2) is 0 Å². The zero-order chi connectivity index (χ0) is 29.5. The van der Waals surface area contributed by atoms with Crippen LogP contribution < -0.4 is 5.32 Å². The Labute approximate surface area is 254 Å². The summed E-state index contributed by atoms with van der Waals surface area (Å²) in [4.78, 5) is 5.52. The standard InChI is InChI=1S/C36H57F2N3O/c1-5-6-35-30(24(4)42)20-29-23(3)41(16-13-36(29)39-35)28-11-14-40(15-12-28)21-27-18-32(25-7-8-25)31(17-22(27)2)26-9-10-33(37)34(38)19-26/h9,17,22-25,27-28,30,32-35,39,42H,5-8,10-16,18-21H2,1-4H3/t22?,23-,24?,27+,30-,32-,33+,34-,35+/m1/s1. The average Bonchev–Trinajstić information content (AvgIpc) is 3.82. The van der Waals surface area contributed by atoms with Crippen LogP contribution in [0.3, 0.4) is 0 Å². The molecule has 2 N–H and O–H groups in total. The van der Waals surface area contributed by atoms with Crippen molar-refractivity contribution in [2.45, 2.75) is 135 Å². The van der Waals surface area contributed by atoms with Crippen LogP contribution in [0.5, 0.6) is 0 Å². The van der Waals surface area contributed by atoms with Crippen LogP contribution in [0.1, 0.15) is 98.3 Å². The van der Waals surface area contributed by atoms with Gasteiger partial charge in [-0.05, 0) is 119 Å². The highest BCUT2D eigenvalue weighted by molar-refractivity contribution is 5.38. The summed E-state index contributed by atoms with van der Waals surface area (Å²) < 4.78 is 28.2. The fourth-order valence-electron chi connectivity index (χ4n) is 9.40. The highest BCUT2D eigenvalue weighted by Gasteiger charge is 2.43. The summed E-state index contributed by atoms with van der Waals surface area (Å²) >= 11 is 0. The van der Waals surface area contributed by atoms with Crippen molar-refractivity contribution in [3.63, 3.8) is 0 Å². The zero-order valence-electron chi connectivity index (χ0n) is 26.7. The largest absolute Gasteiger partial charge is 0.393 e. The molecule has 236 valence electrons. The monoisotopic (exact) mass is 585 g/mol. The van der Waals surface area contributed by atoms with Crippen molar-refractivity contribution in [1.29, 1.82) is 0 Å². The topological polar surface area (TPSA) is 38.7 Å². The maximum Gasteiger partial charge on any atom is 0.135 e. The number of allylic oxidation sites excluding steroid dienone is 4. The molecular formula is C36H57F2N3O. The summed E-state index contributed by atoms with van der Waals surface area (Å²) in [5.74, 6) is 2.74. The minimum Gasteiger partial charge on any atom is -0.393 e. The number of piperidine rings is 1. The second kappa shape index (κ2) is 13.0. The van der Waals surface area contributed by atoms with Gasteiger partial charge in [0.25, 0.3) is 0 Å². The average molecular weight is 586 g/mol. The molecule has 6 rings (SSSR count). The predicted octanol–water partition coefficient (Wildman–Crippen LogP) is 6.96. The predicted molar refractivity (Wildman–Crippen MR) is 168 cm³/mol. The minimum atomic E-state index is -1.34. The lowest BCUT2D eigenvalue weighted by Gasteiger charge is -2.49. The van der Waals surface area contributed by atoms with Gasteiger partial charge in [0.2, 0.25) is 0 Å². The third-order valence-corrected chi connectivity index (χ3v) is 12.2. The second-order valence-electron chi connectivity index (χ2n) is 15.0. The maximum absolute atomic E-state index is 14.3. The van der Waals surface area contributed by atoms with Crippen molar-refractivity contribution in [1.82, 2.24) is 15.1 Å². The summed E-state index contributed by atoms with van der Waals surface area (Å²) in [5, 5.41) is 14.5. The highest BCUT2D eigenvalue weighted by atomic mass is 19.2. The molecule has 1 saturated heterocycles. The molecule has 3 aliphatic heterocycles. The first kappa shape index (κ1) is 30.8. The van der Waals surface area contributed by atoms with Crippen LogP contribution in [0.4, 0.5) is 8.78 Å². The first-order chi connectivity index (χ1) is 20.2. The molecule has 0 radical (unpaired) electrons. The molecule has 2 unspecified atom stereocenters. The van der Waals surface area contributed by atoms with Crippen molar-refractivity contribution < 1.29 is 13.9 Å². The normalized spacial score (nSPS) is 39.8. The molecule has 6 heteroatoms. The quantitative estimate of drug-likeness (QED) is 0.323. The van der Waals surface area contributed by atoms with E-state index in [-0.39, 0.29) is 18.9 Å². The van der Waals surface area contributed by atoms with Crippen LogP contribution in [0.2, 0.25) is 0 Å². The van der Waals surface area contributed by atoms with Crippen molar-refractivity contribution >= 4 is 0 Å². The Morgan fingerprint density at radius 1 is 1.05 bits per heavy atom. The fourth-order valence-corrected chi connectivity index (χ4v) is 9.40. The minimum absolute atomic E-state index is 0.239. The lowest BCUT2D eigenvalue weighted by molar-refractivity contribution is 0.0546. The third-order valence-electron chi connectivity index (χ3n) is 12.2. The lowest BCUT2D eigenvalue weighted by atomic mass is 9.70. The third kappa shape index (κ3) is 6.42. The van der Waals surface area contributed by atoms with Crippen molar-refractivity contribution in [2.75, 3.05) is 26.2 Å². The number of alkyl halides is 2. The molecule has 42 heavy (non-hydrogen) atoms. The smallest absolute Gasteiger partial charge is 0.135 e. The van der Waals surface area contributed by atoms with E-state index < -0.39 is 12.3 Å². The molecule has 4 nitrogen and oxygen atoms in total. The number of halogens is 2. The van der Waals surface area contributed by atoms with E-state index in [4.69, 9.17) is 0 Å². The van der Waals surface area contributed by atoms with Crippen LogP contribution in [-0.2, 0) is 0 Å². The summed E-state index contributed by atoms with van der Waals surface area (Å²) in [5.41, 5.74) is 5.52. The molecule has 0 aromatic rings. The second-order valence-corrected chi connectivity index (χ2v) is 15.0. The number of nitrogens with zero attached hydrogens (tertiary/aromatic N) is 2. The molecule has 3 aliphatic carbocycles. The summed E-state index contributed by atoms with van der Waals surface area (Å²) in [6, 6.07) is 1.50. The van der Waals surface area contributed by atoms with Crippen LogP contribution in [0.25, 0.3) is 0 Å². The Morgan fingerprint density at radius 2 is 1.81 bits per heavy atom. The molecule has 2 fully saturated rings. The van der Waals surface area contributed by atoms with Gasteiger partial charge in [0.1, 0.15) is 12.3 Å². The van der Waals surface area contributed by atoms with Gasteiger partial charge in [-0.15, -0.1) is 0 Å². The zero-order valence-corrected chi connectivity index (χ0v) is 26.7. The number of nitrogens with one attached hydrogen (secondary N) is 1. The molecule has 0 aromatic heterocycles. The molecule has 1 saturated carbocycles. The maximum atomic E-state index is 14.3. The van der Waals surface area contributed by atoms with E-state index in [0.29, 0.717) is 41.8 Å². The molecule has 0 bridgehead atoms. The van der Waals surface area contributed by atoms with E-state index in [1.807, 2.05) is 13.0 Å². The first-order valence-electron chi connectivity index (χ1n) is 17.6. The van der Waals surface area contributed by atoms with E-state index in [0.717, 1.165) is 43.7 Å². The van der Waals surface area contributed by atoms with E-state index >= 15 is 0 Å². The van der Waals surface area contributed by atoms with Gasteiger partial charge in [-0.25, -0.2) is 8.78 Å². The van der Waals surface area contributed by atoms with E-state index in [1.165, 1.54) is 63.0 Å². The highest BCUT2D eigenvalue weighted by Crippen LogP contribution is 2.51. The van der Waals surface area contributed by atoms with E-state index in [9.17, 15) is 13.9 Å². The Bertz CT molecular complexity index is 1040. The van der Waals surface area contributed by atoms with Gasteiger partial charge in [0, 0.05) is 55.7 Å². The molecule has 3 heterocycles. The summed E-state index contributed by atoms with van der Waals surface area (Å²) in [6.07, 6.45) is 12.8. The van der Waals surface area contributed by atoms with Crippen LogP contribution >= 0.6 is 0 Å². The molecule has 0 amide bonds. The van der Waals surface area contributed by atoms with Gasteiger partial charge < -0.3 is 15.3 Å². The van der Waals surface area contributed by atoms with Crippen LogP contribution in [-0.4, -0.2) is 77.7 Å². The van der Waals surface area contributed by atoms with Gasteiger partial charge in [-0.1, -0.05) is 32.4 Å². The lowest BCUT2D eigenvalue weighted by Crippen LogP contribution is -2.55. The Kier molecular flexibility index (Phi) is 9.53. The first-order valence-corrected chi connectivity index (χ1v) is 17.6. The molecular weight excluding hydrogens is 528 g/mol. The van der Waals surface area contributed by atoms with Gasteiger partial charge >= 0.3 is 0 Å². The molecule has 9 atom stereocenters. The van der Waals surface area contributed by atoms with Gasteiger partial charge in [-0.2, -0.15) is 0 Å². The summed E-state index contributed by atoms with van der Waals surface area (Å²) in [7, 11) is 0. The summed E-state index contributed by atoms with van der Waals surface area (Å²) in [6.45, 7) is 13.7. The van der Waals surface area contributed by atoms with Crippen LogP contribution in [0, 0.1) is 29.6 Å². The molecule has 6 aliphatic rings. The van der Waals surface area contributed by atoms with Gasteiger partial charge in [0.05, 0.1) is 6.10 Å². The SMILES string of the molecule is CCC[C@@H]1NC2=C(C[C@@H]1C(C)O)[C@@H](C)N(C1CCN(C[C@@H]3C[C@H](C4CC4)C(C4=CC[C@H](F)[C@H](F)C4)=CC3C)CC1)CC2. The number of aliphatic hydroxyl groups is 1.